The lowest BCUT2D eigenvalue weighted by atomic mass is 10.1. The van der Waals surface area contributed by atoms with Gasteiger partial charge in [-0.25, -0.2) is 0 Å². The second-order valence-corrected chi connectivity index (χ2v) is 5.27. The maximum atomic E-state index is 12.3. The van der Waals surface area contributed by atoms with Crippen LogP contribution in [0.2, 0.25) is 0 Å². The molecule has 2 aromatic rings. The molecule has 0 fully saturated rings. The van der Waals surface area contributed by atoms with Crippen molar-refractivity contribution >= 4 is 23.2 Å². The van der Waals surface area contributed by atoms with E-state index in [9.17, 15) is 19.7 Å². The van der Waals surface area contributed by atoms with Gasteiger partial charge in [0, 0.05) is 25.1 Å². The Hall–Kier alpha value is -3.22. The van der Waals surface area contributed by atoms with Crippen LogP contribution in [0.1, 0.15) is 28.4 Å². The fraction of sp³-hybridized carbons (Fsp3) is 0.176. The average molecular weight is 327 g/mol. The molecule has 0 aliphatic carbocycles. The number of rotatable bonds is 5. The molecular formula is C17H17N3O4. The smallest absolute Gasteiger partial charge is 0.274 e. The zero-order chi connectivity index (χ0) is 17.7. The van der Waals surface area contributed by atoms with E-state index in [4.69, 9.17) is 0 Å². The number of carbonyl (C=O) groups excluding carboxylic acids is 2. The second-order valence-electron chi connectivity index (χ2n) is 5.27. The number of amides is 2. The minimum absolute atomic E-state index is 0.0431. The van der Waals surface area contributed by atoms with Crippen LogP contribution in [-0.4, -0.2) is 16.7 Å². The minimum atomic E-state index is -0.484. The van der Waals surface area contributed by atoms with E-state index in [1.165, 1.54) is 19.1 Å². The highest BCUT2D eigenvalue weighted by atomic mass is 16.6. The van der Waals surface area contributed by atoms with Crippen LogP contribution in [-0.2, 0) is 11.3 Å². The molecule has 0 unspecified atom stereocenters. The number of nitrogens with one attached hydrogen (secondary N) is 2. The molecule has 0 saturated heterocycles. The third-order valence-corrected chi connectivity index (χ3v) is 3.51. The summed E-state index contributed by atoms with van der Waals surface area (Å²) in [6.45, 7) is 3.41. The fourth-order valence-electron chi connectivity index (χ4n) is 2.15. The third kappa shape index (κ3) is 4.16. The van der Waals surface area contributed by atoms with Crippen molar-refractivity contribution in [2.75, 3.05) is 5.32 Å². The van der Waals surface area contributed by atoms with Gasteiger partial charge in [-0.1, -0.05) is 18.2 Å². The van der Waals surface area contributed by atoms with Crippen LogP contribution >= 0.6 is 0 Å². The fourth-order valence-corrected chi connectivity index (χ4v) is 2.15. The van der Waals surface area contributed by atoms with Gasteiger partial charge in [-0.05, 0) is 30.7 Å². The van der Waals surface area contributed by atoms with Gasteiger partial charge >= 0.3 is 0 Å². The maximum absolute atomic E-state index is 12.3. The molecule has 2 rings (SSSR count). The number of nitrogens with zero attached hydrogens (tertiary/aromatic N) is 1. The SMILES string of the molecule is CC(=O)NCc1ccc(C(=O)Nc2cccc([N+](=O)[O-])c2C)cc1. The third-order valence-electron chi connectivity index (χ3n) is 3.51. The van der Waals surface area contributed by atoms with E-state index in [0.29, 0.717) is 23.4 Å². The van der Waals surface area contributed by atoms with Gasteiger partial charge in [-0.2, -0.15) is 0 Å². The number of carbonyl (C=O) groups is 2. The topological polar surface area (TPSA) is 101 Å². The second kappa shape index (κ2) is 7.36. The van der Waals surface area contributed by atoms with Gasteiger partial charge in [0.25, 0.3) is 11.6 Å². The van der Waals surface area contributed by atoms with Crippen molar-refractivity contribution in [2.45, 2.75) is 20.4 Å². The Balaban J connectivity index is 2.11. The monoisotopic (exact) mass is 327 g/mol. The lowest BCUT2D eigenvalue weighted by molar-refractivity contribution is -0.385. The molecule has 7 heteroatoms. The molecule has 2 aromatic carbocycles. The summed E-state index contributed by atoms with van der Waals surface area (Å²) < 4.78 is 0. The van der Waals surface area contributed by atoms with Crippen LogP contribution in [0.4, 0.5) is 11.4 Å². The first-order valence-electron chi connectivity index (χ1n) is 7.27. The van der Waals surface area contributed by atoms with Crippen LogP contribution < -0.4 is 10.6 Å². The molecule has 2 N–H and O–H groups in total. The number of hydrogen-bond acceptors (Lipinski definition) is 4. The Morgan fingerprint density at radius 1 is 1.12 bits per heavy atom. The Bertz CT molecular complexity index is 785. The highest BCUT2D eigenvalue weighted by Crippen LogP contribution is 2.25. The van der Waals surface area contributed by atoms with E-state index >= 15 is 0 Å². The highest BCUT2D eigenvalue weighted by Gasteiger charge is 2.15. The van der Waals surface area contributed by atoms with Crippen molar-refractivity contribution in [3.8, 4) is 0 Å². The first-order valence-corrected chi connectivity index (χ1v) is 7.27. The van der Waals surface area contributed by atoms with Crippen LogP contribution in [0, 0.1) is 17.0 Å². The molecule has 0 bridgehead atoms. The van der Waals surface area contributed by atoms with E-state index in [2.05, 4.69) is 10.6 Å². The molecule has 7 nitrogen and oxygen atoms in total. The van der Waals surface area contributed by atoms with Crippen LogP contribution in [0.3, 0.4) is 0 Å². The summed E-state index contributed by atoms with van der Waals surface area (Å²) in [6.07, 6.45) is 0. The Kier molecular flexibility index (Phi) is 5.26. The predicted molar refractivity (Wildman–Crippen MR) is 89.7 cm³/mol. The molecule has 0 spiro atoms. The van der Waals surface area contributed by atoms with Gasteiger partial charge < -0.3 is 10.6 Å². The Morgan fingerprint density at radius 2 is 1.79 bits per heavy atom. The van der Waals surface area contributed by atoms with E-state index in [1.807, 2.05) is 0 Å². The number of anilines is 1. The summed E-state index contributed by atoms with van der Waals surface area (Å²) in [5.41, 5.74) is 2.05. The molecule has 0 aliphatic rings. The van der Waals surface area contributed by atoms with Gasteiger partial charge in [0.1, 0.15) is 0 Å². The van der Waals surface area contributed by atoms with Crippen molar-refractivity contribution in [3.05, 3.63) is 69.3 Å². The lowest BCUT2D eigenvalue weighted by Gasteiger charge is -2.09. The summed E-state index contributed by atoms with van der Waals surface area (Å²) in [7, 11) is 0. The average Bonchev–Trinajstić information content (AvgIpc) is 2.55. The van der Waals surface area contributed by atoms with Crippen molar-refractivity contribution in [1.82, 2.24) is 5.32 Å². The van der Waals surface area contributed by atoms with E-state index in [0.717, 1.165) is 5.56 Å². The zero-order valence-electron chi connectivity index (χ0n) is 13.3. The summed E-state index contributed by atoms with van der Waals surface area (Å²) in [4.78, 5) is 33.6. The molecule has 0 aromatic heterocycles. The molecule has 2 amide bonds. The lowest BCUT2D eigenvalue weighted by Crippen LogP contribution is -2.19. The normalized spacial score (nSPS) is 10.1. The first kappa shape index (κ1) is 17.1. The van der Waals surface area contributed by atoms with Crippen molar-refractivity contribution in [3.63, 3.8) is 0 Å². The first-order chi connectivity index (χ1) is 11.4. The maximum Gasteiger partial charge on any atom is 0.274 e. The van der Waals surface area contributed by atoms with Crippen LogP contribution in [0.15, 0.2) is 42.5 Å². The summed E-state index contributed by atoms with van der Waals surface area (Å²) in [6, 6.07) is 11.3. The van der Waals surface area contributed by atoms with Crippen molar-refractivity contribution in [1.29, 1.82) is 0 Å². The number of nitro groups is 1. The van der Waals surface area contributed by atoms with E-state index in [1.54, 1.807) is 37.3 Å². The number of benzene rings is 2. The molecule has 124 valence electrons. The molecule has 0 aliphatic heterocycles. The summed E-state index contributed by atoms with van der Waals surface area (Å²) in [5.74, 6) is -0.484. The van der Waals surface area contributed by atoms with Crippen LogP contribution in [0.5, 0.6) is 0 Å². The Morgan fingerprint density at radius 3 is 2.38 bits per heavy atom. The van der Waals surface area contributed by atoms with E-state index in [-0.39, 0.29) is 17.5 Å². The summed E-state index contributed by atoms with van der Waals surface area (Å²) >= 11 is 0. The van der Waals surface area contributed by atoms with Gasteiger partial charge in [0.2, 0.25) is 5.91 Å². The number of hydrogen-bond donors (Lipinski definition) is 2. The molecule has 0 atom stereocenters. The zero-order valence-corrected chi connectivity index (χ0v) is 13.3. The van der Waals surface area contributed by atoms with Gasteiger partial charge in [-0.15, -0.1) is 0 Å². The largest absolute Gasteiger partial charge is 0.352 e. The van der Waals surface area contributed by atoms with Gasteiger partial charge in [-0.3, -0.25) is 19.7 Å². The number of nitro benzene ring substituents is 1. The van der Waals surface area contributed by atoms with Crippen molar-refractivity contribution in [2.24, 2.45) is 0 Å². The molecular weight excluding hydrogens is 310 g/mol. The summed E-state index contributed by atoms with van der Waals surface area (Å²) in [5, 5.41) is 16.3. The molecule has 0 heterocycles. The predicted octanol–water partition coefficient (Wildman–Crippen LogP) is 2.79. The molecule has 0 saturated carbocycles. The van der Waals surface area contributed by atoms with Crippen molar-refractivity contribution < 1.29 is 14.5 Å². The highest BCUT2D eigenvalue weighted by molar-refractivity contribution is 6.04. The van der Waals surface area contributed by atoms with Crippen LogP contribution in [0.25, 0.3) is 0 Å². The quantitative estimate of drug-likeness (QED) is 0.651. The molecule has 0 radical (unpaired) electrons. The van der Waals surface area contributed by atoms with Gasteiger partial charge in [0.15, 0.2) is 0 Å². The molecule has 24 heavy (non-hydrogen) atoms. The van der Waals surface area contributed by atoms with E-state index < -0.39 is 4.92 Å². The standard InChI is InChI=1S/C17H17N3O4/c1-11-15(4-3-5-16(11)20(23)24)19-17(22)14-8-6-13(7-9-14)10-18-12(2)21/h3-9H,10H2,1-2H3,(H,18,21)(H,19,22). The Labute approximate surface area is 138 Å². The van der Waals surface area contributed by atoms with Gasteiger partial charge in [0.05, 0.1) is 16.2 Å². The minimum Gasteiger partial charge on any atom is -0.352 e.